The van der Waals surface area contributed by atoms with Crippen LogP contribution in [-0.2, 0) is 0 Å². The predicted octanol–water partition coefficient (Wildman–Crippen LogP) is 5.87. The number of fused-ring (bicyclic) bond motifs is 5. The highest BCUT2D eigenvalue weighted by Crippen LogP contribution is 2.67. The van der Waals surface area contributed by atoms with Gasteiger partial charge in [-0.1, -0.05) is 32.4 Å². The summed E-state index contributed by atoms with van der Waals surface area (Å²) in [6, 6.07) is 0. The largest absolute Gasteiger partial charge is 0.393 e. The van der Waals surface area contributed by atoms with Crippen LogP contribution in [0.3, 0.4) is 0 Å². The number of rotatable bonds is 4. The average Bonchev–Trinajstić information content (AvgIpc) is 3.29. The minimum Gasteiger partial charge on any atom is -0.393 e. The smallest absolute Gasteiger partial charge is 0.0650 e. The Balaban J connectivity index is 1.33. The fraction of sp³-hybridized carbons (Fsp3) is 0.923. The van der Waals surface area contributed by atoms with Crippen LogP contribution >= 0.6 is 0 Å². The Morgan fingerprint density at radius 3 is 2.57 bits per heavy atom. The van der Waals surface area contributed by atoms with Crippen molar-refractivity contribution >= 4 is 0 Å². The van der Waals surface area contributed by atoms with Gasteiger partial charge in [-0.05, 0) is 117 Å². The second-order valence-electron chi connectivity index (χ2n) is 12.1. The van der Waals surface area contributed by atoms with Crippen molar-refractivity contribution in [2.45, 2.75) is 110 Å². The number of aliphatic hydroxyl groups excluding tert-OH is 1. The van der Waals surface area contributed by atoms with E-state index in [0.29, 0.717) is 10.8 Å². The monoisotopic (exact) mass is 386 g/mol. The van der Waals surface area contributed by atoms with Crippen LogP contribution in [0.15, 0.2) is 11.6 Å². The van der Waals surface area contributed by atoms with Crippen molar-refractivity contribution in [3.8, 4) is 0 Å². The SMILES string of the molecule is C[C@H](CCC1(O)CC1)[C@H]1CCC2C3CC=C4C[C@@H](O)CC[C@]4(C)C3CC[C@@]21C. The van der Waals surface area contributed by atoms with Crippen molar-refractivity contribution in [3.63, 3.8) is 0 Å². The second kappa shape index (κ2) is 6.58. The van der Waals surface area contributed by atoms with Crippen molar-refractivity contribution in [3.05, 3.63) is 11.6 Å². The number of hydrogen-bond donors (Lipinski definition) is 2. The first kappa shape index (κ1) is 19.6. The quantitative estimate of drug-likeness (QED) is 0.593. The van der Waals surface area contributed by atoms with E-state index in [1.54, 1.807) is 5.57 Å². The summed E-state index contributed by atoms with van der Waals surface area (Å²) < 4.78 is 0. The first-order valence-electron chi connectivity index (χ1n) is 12.4. The van der Waals surface area contributed by atoms with E-state index in [4.69, 9.17) is 0 Å². The molecule has 4 saturated carbocycles. The van der Waals surface area contributed by atoms with Crippen molar-refractivity contribution in [2.24, 2.45) is 40.4 Å². The molecule has 0 spiro atoms. The molecule has 0 bridgehead atoms. The fourth-order valence-corrected chi connectivity index (χ4v) is 8.71. The molecule has 0 heterocycles. The summed E-state index contributed by atoms with van der Waals surface area (Å²) in [4.78, 5) is 0. The van der Waals surface area contributed by atoms with Gasteiger partial charge in [0.2, 0.25) is 0 Å². The van der Waals surface area contributed by atoms with Crippen molar-refractivity contribution in [1.82, 2.24) is 0 Å². The lowest BCUT2D eigenvalue weighted by atomic mass is 9.47. The number of aliphatic hydroxyl groups is 2. The summed E-state index contributed by atoms with van der Waals surface area (Å²) in [5.41, 5.74) is 2.19. The zero-order valence-electron chi connectivity index (χ0n) is 18.4. The topological polar surface area (TPSA) is 40.5 Å². The van der Waals surface area contributed by atoms with Gasteiger partial charge in [0, 0.05) is 0 Å². The fourth-order valence-electron chi connectivity index (χ4n) is 8.71. The summed E-state index contributed by atoms with van der Waals surface area (Å²) in [5.74, 6) is 4.22. The summed E-state index contributed by atoms with van der Waals surface area (Å²) in [5, 5.41) is 20.5. The van der Waals surface area contributed by atoms with Crippen molar-refractivity contribution in [2.75, 3.05) is 0 Å². The first-order valence-corrected chi connectivity index (χ1v) is 12.4. The predicted molar refractivity (Wildman–Crippen MR) is 114 cm³/mol. The molecule has 2 N–H and O–H groups in total. The Bertz CT molecular complexity index is 649. The molecular formula is C26H42O2. The molecule has 0 saturated heterocycles. The minimum absolute atomic E-state index is 0.0947. The molecule has 158 valence electrons. The first-order chi connectivity index (χ1) is 13.3. The summed E-state index contributed by atoms with van der Waals surface area (Å²) in [6.45, 7) is 7.66. The van der Waals surface area contributed by atoms with E-state index >= 15 is 0 Å². The van der Waals surface area contributed by atoms with Crippen LogP contribution in [0.5, 0.6) is 0 Å². The zero-order chi connectivity index (χ0) is 19.7. The summed E-state index contributed by atoms with van der Waals surface area (Å²) in [7, 11) is 0. The van der Waals surface area contributed by atoms with Crippen LogP contribution in [0.1, 0.15) is 97.8 Å². The lowest BCUT2D eigenvalue weighted by Crippen LogP contribution is -2.50. The Hall–Kier alpha value is -0.340. The van der Waals surface area contributed by atoms with E-state index < -0.39 is 0 Å². The molecule has 5 aliphatic rings. The van der Waals surface area contributed by atoms with Gasteiger partial charge in [0.1, 0.15) is 0 Å². The maximum absolute atomic E-state index is 10.3. The van der Waals surface area contributed by atoms with Crippen LogP contribution in [-0.4, -0.2) is 21.9 Å². The second-order valence-corrected chi connectivity index (χ2v) is 12.1. The van der Waals surface area contributed by atoms with Crippen LogP contribution in [0.4, 0.5) is 0 Å². The highest BCUT2D eigenvalue weighted by molar-refractivity contribution is 5.25. The maximum atomic E-state index is 10.3. The molecule has 8 atom stereocenters. The lowest BCUT2D eigenvalue weighted by Gasteiger charge is -2.58. The maximum Gasteiger partial charge on any atom is 0.0650 e. The van der Waals surface area contributed by atoms with Crippen molar-refractivity contribution in [1.29, 1.82) is 0 Å². The molecular weight excluding hydrogens is 344 g/mol. The highest BCUT2D eigenvalue weighted by atomic mass is 16.3. The molecule has 0 aromatic heterocycles. The number of hydrogen-bond acceptors (Lipinski definition) is 2. The van der Waals surface area contributed by atoms with Gasteiger partial charge < -0.3 is 10.2 Å². The van der Waals surface area contributed by atoms with E-state index in [1.807, 2.05) is 0 Å². The Morgan fingerprint density at radius 2 is 1.82 bits per heavy atom. The average molecular weight is 387 g/mol. The third kappa shape index (κ3) is 2.96. The molecule has 2 heteroatoms. The van der Waals surface area contributed by atoms with E-state index in [2.05, 4.69) is 26.8 Å². The molecule has 0 radical (unpaired) electrons. The zero-order valence-corrected chi connectivity index (χ0v) is 18.4. The van der Waals surface area contributed by atoms with Gasteiger partial charge in [-0.3, -0.25) is 0 Å². The van der Waals surface area contributed by atoms with Crippen molar-refractivity contribution < 1.29 is 10.2 Å². The van der Waals surface area contributed by atoms with Crippen LogP contribution in [0, 0.1) is 40.4 Å². The van der Waals surface area contributed by atoms with Gasteiger partial charge in [-0.15, -0.1) is 0 Å². The minimum atomic E-state index is -0.282. The van der Waals surface area contributed by atoms with Crippen LogP contribution < -0.4 is 0 Å². The summed E-state index contributed by atoms with van der Waals surface area (Å²) >= 11 is 0. The molecule has 0 amide bonds. The van der Waals surface area contributed by atoms with E-state index in [-0.39, 0.29) is 11.7 Å². The van der Waals surface area contributed by atoms with Gasteiger partial charge in [-0.2, -0.15) is 0 Å². The van der Waals surface area contributed by atoms with E-state index in [1.165, 1.54) is 44.9 Å². The van der Waals surface area contributed by atoms with Gasteiger partial charge in [0.05, 0.1) is 11.7 Å². The molecule has 28 heavy (non-hydrogen) atoms. The van der Waals surface area contributed by atoms with E-state index in [9.17, 15) is 10.2 Å². The van der Waals surface area contributed by atoms with Crippen LogP contribution in [0.2, 0.25) is 0 Å². The molecule has 0 aromatic carbocycles. The molecule has 0 aliphatic heterocycles. The summed E-state index contributed by atoms with van der Waals surface area (Å²) in [6.07, 6.45) is 16.8. The molecule has 4 fully saturated rings. The normalized spacial score (nSPS) is 50.2. The van der Waals surface area contributed by atoms with Crippen LogP contribution in [0.25, 0.3) is 0 Å². The Labute approximate surface area is 172 Å². The highest BCUT2D eigenvalue weighted by Gasteiger charge is 2.59. The Kier molecular flexibility index (Phi) is 4.61. The molecule has 3 unspecified atom stereocenters. The van der Waals surface area contributed by atoms with Gasteiger partial charge in [0.15, 0.2) is 0 Å². The number of allylic oxidation sites excluding steroid dienone is 1. The molecule has 0 aromatic rings. The van der Waals surface area contributed by atoms with Gasteiger partial charge >= 0.3 is 0 Å². The van der Waals surface area contributed by atoms with Gasteiger partial charge in [0.25, 0.3) is 0 Å². The molecule has 2 nitrogen and oxygen atoms in total. The lowest BCUT2D eigenvalue weighted by molar-refractivity contribution is -0.0579. The van der Waals surface area contributed by atoms with E-state index in [0.717, 1.165) is 61.7 Å². The molecule has 5 rings (SSSR count). The molecule has 5 aliphatic carbocycles. The standard InChI is InChI=1S/C26H42O2/c1-17(8-13-26(28)14-15-26)21-6-7-22-20-5-4-18-16-19(27)9-11-24(18,2)23(20)10-12-25(21,22)3/h4,17,19-23,27-28H,5-16H2,1-3H3/t17-,19+,20?,21-,22?,23?,24+,25-/m1/s1. The van der Waals surface area contributed by atoms with Gasteiger partial charge in [-0.25, -0.2) is 0 Å². The third-order valence-electron chi connectivity index (χ3n) is 10.7. The Morgan fingerprint density at radius 1 is 1.04 bits per heavy atom. The third-order valence-corrected chi connectivity index (χ3v) is 10.7.